The van der Waals surface area contributed by atoms with Gasteiger partial charge in [0.15, 0.2) is 0 Å². The fourth-order valence-corrected chi connectivity index (χ4v) is 3.91. The molecule has 1 N–H and O–H groups in total. The van der Waals surface area contributed by atoms with Crippen LogP contribution in [0.3, 0.4) is 0 Å². The van der Waals surface area contributed by atoms with E-state index >= 15 is 0 Å². The molecule has 2 rings (SSSR count). The van der Waals surface area contributed by atoms with Gasteiger partial charge in [0, 0.05) is 19.1 Å². The summed E-state index contributed by atoms with van der Waals surface area (Å²) < 4.78 is 25.2. The van der Waals surface area contributed by atoms with Gasteiger partial charge in [-0.25, -0.2) is 8.42 Å². The molecule has 82 valence electrons. The number of piperidine rings is 1. The summed E-state index contributed by atoms with van der Waals surface area (Å²) in [7, 11) is -2.97. The van der Waals surface area contributed by atoms with Gasteiger partial charge in [-0.15, -0.1) is 0 Å². The Morgan fingerprint density at radius 1 is 1.43 bits per heavy atom. The third kappa shape index (κ3) is 1.68. The van der Waals surface area contributed by atoms with Gasteiger partial charge in [0.05, 0.1) is 5.75 Å². The first-order valence-electron chi connectivity index (χ1n) is 5.35. The van der Waals surface area contributed by atoms with Gasteiger partial charge in [-0.1, -0.05) is 0 Å². The van der Waals surface area contributed by atoms with Crippen molar-refractivity contribution in [3.05, 3.63) is 0 Å². The predicted octanol–water partition coefficient (Wildman–Crippen LogP) is 0.0199. The second-order valence-corrected chi connectivity index (χ2v) is 6.33. The average molecular weight is 218 g/mol. The molecule has 0 saturated carbocycles. The number of rotatable bonds is 2. The molecule has 2 heterocycles. The Kier molecular flexibility index (Phi) is 2.81. The van der Waals surface area contributed by atoms with Crippen LogP contribution in [0.4, 0.5) is 0 Å². The number of hydrogen-bond donors (Lipinski definition) is 1. The molecule has 0 spiro atoms. The molecule has 0 radical (unpaired) electrons. The molecule has 14 heavy (non-hydrogen) atoms. The van der Waals surface area contributed by atoms with E-state index in [9.17, 15) is 8.42 Å². The lowest BCUT2D eigenvalue weighted by Crippen LogP contribution is -2.48. The van der Waals surface area contributed by atoms with Gasteiger partial charge in [0.2, 0.25) is 10.0 Å². The van der Waals surface area contributed by atoms with Crippen molar-refractivity contribution >= 4 is 10.0 Å². The van der Waals surface area contributed by atoms with E-state index < -0.39 is 10.0 Å². The summed E-state index contributed by atoms with van der Waals surface area (Å²) in [6, 6.07) is 0.230. The summed E-state index contributed by atoms with van der Waals surface area (Å²) in [5.74, 6) is 0.827. The van der Waals surface area contributed by atoms with Crippen LogP contribution in [0.1, 0.15) is 19.8 Å². The largest absolute Gasteiger partial charge is 0.315 e. The minimum absolute atomic E-state index is 0.230. The van der Waals surface area contributed by atoms with Crippen molar-refractivity contribution in [3.63, 3.8) is 0 Å². The highest BCUT2D eigenvalue weighted by Crippen LogP contribution is 2.30. The predicted molar refractivity (Wildman–Crippen MR) is 55.5 cm³/mol. The van der Waals surface area contributed by atoms with Gasteiger partial charge in [-0.05, 0) is 32.2 Å². The Bertz CT molecular complexity index is 302. The molecule has 0 amide bonds. The van der Waals surface area contributed by atoms with Crippen LogP contribution in [-0.2, 0) is 10.0 Å². The molecule has 2 saturated heterocycles. The van der Waals surface area contributed by atoms with Crippen LogP contribution < -0.4 is 5.32 Å². The zero-order valence-electron chi connectivity index (χ0n) is 8.57. The molecule has 2 aliphatic heterocycles. The van der Waals surface area contributed by atoms with Crippen LogP contribution in [0.15, 0.2) is 0 Å². The molecule has 2 atom stereocenters. The monoisotopic (exact) mass is 218 g/mol. The Balaban J connectivity index is 2.15. The zero-order valence-corrected chi connectivity index (χ0v) is 9.39. The fourth-order valence-electron chi connectivity index (χ4n) is 2.54. The van der Waals surface area contributed by atoms with Crippen molar-refractivity contribution in [2.24, 2.45) is 5.92 Å². The van der Waals surface area contributed by atoms with Gasteiger partial charge in [-0.3, -0.25) is 0 Å². The van der Waals surface area contributed by atoms with Gasteiger partial charge in [-0.2, -0.15) is 4.31 Å². The van der Waals surface area contributed by atoms with E-state index in [4.69, 9.17) is 0 Å². The first-order chi connectivity index (χ1) is 6.65. The lowest BCUT2D eigenvalue weighted by Gasteiger charge is -2.31. The SMILES string of the molecule is CCS(=O)(=O)N1CC[C@@H]2CCNC[C@@H]21. The zero-order chi connectivity index (χ0) is 10.2. The standard InChI is InChI=1S/C9H18N2O2S/c1-2-14(12,13)11-6-4-8-3-5-10-7-9(8)11/h8-10H,2-7H2,1H3/t8-,9-/m0/s1. The fraction of sp³-hybridized carbons (Fsp3) is 1.00. The summed E-state index contributed by atoms with van der Waals surface area (Å²) in [5.41, 5.74) is 0. The number of nitrogens with zero attached hydrogens (tertiary/aromatic N) is 1. The quantitative estimate of drug-likeness (QED) is 0.711. The number of fused-ring (bicyclic) bond motifs is 1. The van der Waals surface area contributed by atoms with E-state index in [-0.39, 0.29) is 11.8 Å². The molecule has 5 heteroatoms. The number of sulfonamides is 1. The van der Waals surface area contributed by atoms with Crippen molar-refractivity contribution in [1.29, 1.82) is 0 Å². The summed E-state index contributed by atoms with van der Waals surface area (Å²) in [4.78, 5) is 0. The van der Waals surface area contributed by atoms with Gasteiger partial charge >= 0.3 is 0 Å². The molecule has 0 aromatic rings. The molecule has 0 aromatic heterocycles. The summed E-state index contributed by atoms with van der Waals surface area (Å²) >= 11 is 0. The van der Waals surface area contributed by atoms with Crippen molar-refractivity contribution in [3.8, 4) is 0 Å². The van der Waals surface area contributed by atoms with Crippen molar-refractivity contribution < 1.29 is 8.42 Å². The van der Waals surface area contributed by atoms with Crippen LogP contribution in [0.25, 0.3) is 0 Å². The molecule has 0 unspecified atom stereocenters. The number of nitrogens with one attached hydrogen (secondary N) is 1. The maximum Gasteiger partial charge on any atom is 0.214 e. The van der Waals surface area contributed by atoms with E-state index in [1.54, 1.807) is 11.2 Å². The molecule has 2 aliphatic rings. The lowest BCUT2D eigenvalue weighted by molar-refractivity contribution is 0.276. The molecule has 4 nitrogen and oxygen atoms in total. The first-order valence-corrected chi connectivity index (χ1v) is 6.96. The Morgan fingerprint density at radius 2 is 2.21 bits per heavy atom. The topological polar surface area (TPSA) is 49.4 Å². The van der Waals surface area contributed by atoms with E-state index in [2.05, 4.69) is 5.32 Å². The van der Waals surface area contributed by atoms with Crippen LogP contribution in [0, 0.1) is 5.92 Å². The third-order valence-electron chi connectivity index (χ3n) is 3.40. The van der Waals surface area contributed by atoms with Crippen LogP contribution in [-0.4, -0.2) is 44.2 Å². The van der Waals surface area contributed by atoms with Gasteiger partial charge in [0.25, 0.3) is 0 Å². The van der Waals surface area contributed by atoms with E-state index in [1.165, 1.54) is 0 Å². The number of hydrogen-bond acceptors (Lipinski definition) is 3. The van der Waals surface area contributed by atoms with Gasteiger partial charge < -0.3 is 5.32 Å². The van der Waals surface area contributed by atoms with Gasteiger partial charge in [0.1, 0.15) is 0 Å². The third-order valence-corrected chi connectivity index (χ3v) is 5.30. The summed E-state index contributed by atoms with van der Waals surface area (Å²) in [6.45, 7) is 4.33. The molecular weight excluding hydrogens is 200 g/mol. The van der Waals surface area contributed by atoms with E-state index in [1.807, 2.05) is 0 Å². The molecule has 2 fully saturated rings. The minimum Gasteiger partial charge on any atom is -0.315 e. The van der Waals surface area contributed by atoms with Crippen molar-refractivity contribution in [1.82, 2.24) is 9.62 Å². The maximum atomic E-state index is 11.8. The Morgan fingerprint density at radius 3 is 2.93 bits per heavy atom. The van der Waals surface area contributed by atoms with Crippen molar-refractivity contribution in [2.45, 2.75) is 25.8 Å². The summed E-state index contributed by atoms with van der Waals surface area (Å²) in [5, 5.41) is 3.28. The smallest absolute Gasteiger partial charge is 0.214 e. The van der Waals surface area contributed by atoms with Crippen LogP contribution in [0.5, 0.6) is 0 Å². The highest BCUT2D eigenvalue weighted by molar-refractivity contribution is 7.89. The second-order valence-electron chi connectivity index (χ2n) is 4.12. The molecule has 0 bridgehead atoms. The second kappa shape index (κ2) is 3.79. The van der Waals surface area contributed by atoms with Crippen LogP contribution in [0.2, 0.25) is 0 Å². The molecular formula is C9H18N2O2S. The Labute approximate surface area is 85.7 Å². The first kappa shape index (κ1) is 10.4. The van der Waals surface area contributed by atoms with Crippen molar-refractivity contribution in [2.75, 3.05) is 25.4 Å². The van der Waals surface area contributed by atoms with E-state index in [0.717, 1.165) is 32.5 Å². The molecule has 0 aliphatic carbocycles. The average Bonchev–Trinajstić information content (AvgIpc) is 2.61. The maximum absolute atomic E-state index is 11.8. The highest BCUT2D eigenvalue weighted by atomic mass is 32.2. The van der Waals surface area contributed by atoms with E-state index in [0.29, 0.717) is 5.92 Å². The lowest BCUT2D eigenvalue weighted by atomic mass is 9.94. The molecule has 0 aromatic carbocycles. The Hall–Kier alpha value is -0.130. The van der Waals surface area contributed by atoms with Crippen LogP contribution >= 0.6 is 0 Å². The minimum atomic E-state index is -2.97. The normalized spacial score (nSPS) is 34.4. The summed E-state index contributed by atoms with van der Waals surface area (Å²) in [6.07, 6.45) is 2.17. The highest BCUT2D eigenvalue weighted by Gasteiger charge is 2.40.